The van der Waals surface area contributed by atoms with E-state index in [0.29, 0.717) is 25.9 Å². The van der Waals surface area contributed by atoms with Crippen molar-refractivity contribution in [1.29, 1.82) is 0 Å². The van der Waals surface area contributed by atoms with Gasteiger partial charge in [0.05, 0.1) is 5.60 Å². The lowest BCUT2D eigenvalue weighted by atomic mass is 10.0. The number of nitrogens with two attached hydrogens (primary N) is 1. The average molecular weight is 202 g/mol. The maximum Gasteiger partial charge on any atom is 0.220 e. The Balaban J connectivity index is 3.74. The van der Waals surface area contributed by atoms with Gasteiger partial charge in [0.2, 0.25) is 5.91 Å². The Morgan fingerprint density at radius 3 is 2.64 bits per heavy atom. The summed E-state index contributed by atoms with van der Waals surface area (Å²) in [6, 6.07) is 0. The van der Waals surface area contributed by atoms with E-state index in [4.69, 9.17) is 5.73 Å². The maximum atomic E-state index is 11.3. The number of nitrogens with one attached hydrogen (secondary N) is 1. The summed E-state index contributed by atoms with van der Waals surface area (Å²) in [4.78, 5) is 11.3. The van der Waals surface area contributed by atoms with Crippen molar-refractivity contribution in [2.75, 3.05) is 13.1 Å². The van der Waals surface area contributed by atoms with Crippen LogP contribution in [0.1, 0.15) is 33.6 Å². The first-order valence-electron chi connectivity index (χ1n) is 5.10. The molecule has 84 valence electrons. The first-order valence-corrected chi connectivity index (χ1v) is 5.10. The molecule has 0 bridgehead atoms. The summed E-state index contributed by atoms with van der Waals surface area (Å²) < 4.78 is 0. The van der Waals surface area contributed by atoms with Gasteiger partial charge in [-0.25, -0.2) is 0 Å². The Labute approximate surface area is 85.9 Å². The summed E-state index contributed by atoms with van der Waals surface area (Å²) in [5, 5.41) is 12.3. The molecule has 0 saturated carbocycles. The molecular formula is C10H22N2O2. The first-order chi connectivity index (χ1) is 6.41. The van der Waals surface area contributed by atoms with Crippen LogP contribution in [-0.2, 0) is 4.79 Å². The standard InChI is InChI=1S/C10H22N2O2/c1-4-10(3,14)7-12-9(13)5-8(2)6-11/h8,14H,4-7,11H2,1-3H3,(H,12,13). The van der Waals surface area contributed by atoms with Crippen molar-refractivity contribution in [3.63, 3.8) is 0 Å². The van der Waals surface area contributed by atoms with Gasteiger partial charge in [-0.1, -0.05) is 13.8 Å². The quantitative estimate of drug-likeness (QED) is 0.578. The van der Waals surface area contributed by atoms with E-state index in [1.807, 2.05) is 13.8 Å². The lowest BCUT2D eigenvalue weighted by Crippen LogP contribution is -2.40. The van der Waals surface area contributed by atoms with Crippen LogP contribution in [0.5, 0.6) is 0 Å². The molecule has 0 aliphatic heterocycles. The van der Waals surface area contributed by atoms with E-state index in [0.717, 1.165) is 0 Å². The van der Waals surface area contributed by atoms with Gasteiger partial charge in [0, 0.05) is 13.0 Å². The molecule has 4 heteroatoms. The highest BCUT2D eigenvalue weighted by Gasteiger charge is 2.18. The van der Waals surface area contributed by atoms with Crippen LogP contribution >= 0.6 is 0 Å². The molecule has 0 spiro atoms. The number of rotatable bonds is 6. The number of hydrogen-bond donors (Lipinski definition) is 3. The van der Waals surface area contributed by atoms with Crippen LogP contribution in [0.15, 0.2) is 0 Å². The third-order valence-corrected chi connectivity index (χ3v) is 2.36. The van der Waals surface area contributed by atoms with E-state index >= 15 is 0 Å². The van der Waals surface area contributed by atoms with Crippen LogP contribution in [0.25, 0.3) is 0 Å². The number of carbonyl (C=O) groups excluding carboxylic acids is 1. The summed E-state index contributed by atoms with van der Waals surface area (Å²) in [7, 11) is 0. The smallest absolute Gasteiger partial charge is 0.220 e. The van der Waals surface area contributed by atoms with Gasteiger partial charge in [0.25, 0.3) is 0 Å². The molecule has 0 aliphatic rings. The normalized spacial score (nSPS) is 17.2. The van der Waals surface area contributed by atoms with Crippen LogP contribution in [-0.4, -0.2) is 29.7 Å². The van der Waals surface area contributed by atoms with Crippen LogP contribution in [0.2, 0.25) is 0 Å². The van der Waals surface area contributed by atoms with Gasteiger partial charge in [-0.15, -0.1) is 0 Å². The fraction of sp³-hybridized carbons (Fsp3) is 0.900. The molecule has 1 amide bonds. The maximum absolute atomic E-state index is 11.3. The molecule has 14 heavy (non-hydrogen) atoms. The summed E-state index contributed by atoms with van der Waals surface area (Å²) in [5.41, 5.74) is 4.60. The van der Waals surface area contributed by atoms with Crippen molar-refractivity contribution < 1.29 is 9.90 Å². The molecular weight excluding hydrogens is 180 g/mol. The van der Waals surface area contributed by atoms with Crippen molar-refractivity contribution in [3.8, 4) is 0 Å². The van der Waals surface area contributed by atoms with Crippen LogP contribution in [0.4, 0.5) is 0 Å². The number of carbonyl (C=O) groups is 1. The number of amides is 1. The van der Waals surface area contributed by atoms with Crippen LogP contribution < -0.4 is 11.1 Å². The molecule has 2 atom stereocenters. The zero-order chi connectivity index (χ0) is 11.2. The molecule has 0 aromatic heterocycles. The van der Waals surface area contributed by atoms with Gasteiger partial charge < -0.3 is 16.2 Å². The number of aliphatic hydroxyl groups is 1. The van der Waals surface area contributed by atoms with Crippen molar-refractivity contribution in [2.24, 2.45) is 11.7 Å². The van der Waals surface area contributed by atoms with Gasteiger partial charge in [0.15, 0.2) is 0 Å². The number of hydrogen-bond acceptors (Lipinski definition) is 3. The SMILES string of the molecule is CCC(C)(O)CNC(=O)CC(C)CN. The Hall–Kier alpha value is -0.610. The minimum Gasteiger partial charge on any atom is -0.388 e. The first kappa shape index (κ1) is 13.4. The molecule has 0 heterocycles. The zero-order valence-corrected chi connectivity index (χ0v) is 9.34. The van der Waals surface area contributed by atoms with Crippen LogP contribution in [0, 0.1) is 5.92 Å². The second-order valence-corrected chi connectivity index (χ2v) is 4.17. The molecule has 4 nitrogen and oxygen atoms in total. The van der Waals surface area contributed by atoms with E-state index in [-0.39, 0.29) is 11.8 Å². The summed E-state index contributed by atoms with van der Waals surface area (Å²) in [5.74, 6) is 0.151. The van der Waals surface area contributed by atoms with Gasteiger partial charge >= 0.3 is 0 Å². The van der Waals surface area contributed by atoms with Gasteiger partial charge in [-0.3, -0.25) is 4.79 Å². The predicted molar refractivity (Wildman–Crippen MR) is 56.8 cm³/mol. The minimum atomic E-state index is -0.804. The van der Waals surface area contributed by atoms with E-state index in [9.17, 15) is 9.90 Å². The van der Waals surface area contributed by atoms with Crippen molar-refractivity contribution in [2.45, 2.75) is 39.2 Å². The highest BCUT2D eigenvalue weighted by atomic mass is 16.3. The summed E-state index contributed by atoms with van der Waals surface area (Å²) in [6.45, 7) is 6.34. The Morgan fingerprint density at radius 2 is 2.21 bits per heavy atom. The monoisotopic (exact) mass is 202 g/mol. The molecule has 4 N–H and O–H groups in total. The molecule has 0 radical (unpaired) electrons. The fourth-order valence-corrected chi connectivity index (χ4v) is 0.886. The fourth-order valence-electron chi connectivity index (χ4n) is 0.886. The second-order valence-electron chi connectivity index (χ2n) is 4.17. The topological polar surface area (TPSA) is 75.3 Å². The summed E-state index contributed by atoms with van der Waals surface area (Å²) >= 11 is 0. The third-order valence-electron chi connectivity index (χ3n) is 2.36. The van der Waals surface area contributed by atoms with Crippen molar-refractivity contribution in [3.05, 3.63) is 0 Å². The van der Waals surface area contributed by atoms with E-state index in [1.165, 1.54) is 0 Å². The lowest BCUT2D eigenvalue weighted by molar-refractivity contribution is -0.123. The summed E-state index contributed by atoms with van der Waals surface area (Å²) in [6.07, 6.45) is 1.05. The average Bonchev–Trinajstić information content (AvgIpc) is 2.15. The van der Waals surface area contributed by atoms with Gasteiger partial charge in [-0.2, -0.15) is 0 Å². The minimum absolute atomic E-state index is 0.0447. The largest absolute Gasteiger partial charge is 0.388 e. The lowest BCUT2D eigenvalue weighted by Gasteiger charge is -2.21. The Kier molecular flexibility index (Phi) is 5.72. The Morgan fingerprint density at radius 1 is 1.64 bits per heavy atom. The van der Waals surface area contributed by atoms with E-state index in [1.54, 1.807) is 6.92 Å². The van der Waals surface area contributed by atoms with E-state index in [2.05, 4.69) is 5.32 Å². The molecule has 0 aromatic carbocycles. The van der Waals surface area contributed by atoms with Gasteiger partial charge in [0.1, 0.15) is 0 Å². The third kappa shape index (κ3) is 5.94. The molecule has 0 fully saturated rings. The molecule has 0 aliphatic carbocycles. The molecule has 0 aromatic rings. The predicted octanol–water partition coefficient (Wildman–Crippen LogP) is 0.249. The molecule has 2 unspecified atom stereocenters. The van der Waals surface area contributed by atoms with Crippen molar-refractivity contribution >= 4 is 5.91 Å². The highest BCUT2D eigenvalue weighted by Crippen LogP contribution is 2.06. The van der Waals surface area contributed by atoms with E-state index < -0.39 is 5.60 Å². The van der Waals surface area contributed by atoms with Gasteiger partial charge in [-0.05, 0) is 25.8 Å². The van der Waals surface area contributed by atoms with Crippen LogP contribution in [0.3, 0.4) is 0 Å². The molecule has 0 saturated heterocycles. The molecule has 0 rings (SSSR count). The highest BCUT2D eigenvalue weighted by molar-refractivity contribution is 5.76. The van der Waals surface area contributed by atoms with Crippen molar-refractivity contribution in [1.82, 2.24) is 5.32 Å². The second kappa shape index (κ2) is 5.98. The Bertz CT molecular complexity index is 181. The zero-order valence-electron chi connectivity index (χ0n) is 9.34.